The van der Waals surface area contributed by atoms with Gasteiger partial charge in [-0.3, -0.25) is 5.01 Å². The van der Waals surface area contributed by atoms with Crippen molar-refractivity contribution in [2.24, 2.45) is 5.10 Å². The summed E-state index contributed by atoms with van der Waals surface area (Å²) in [7, 11) is -7.88. The van der Waals surface area contributed by atoms with Crippen molar-refractivity contribution < 1.29 is 16.8 Å². The maximum atomic E-state index is 13.0. The summed E-state index contributed by atoms with van der Waals surface area (Å²) in [4.78, 5) is -0.581. The van der Waals surface area contributed by atoms with Crippen molar-refractivity contribution >= 4 is 66.1 Å². The van der Waals surface area contributed by atoms with Crippen LogP contribution in [0, 0.1) is 0 Å². The summed E-state index contributed by atoms with van der Waals surface area (Å²) in [5, 5.41) is 7.81. The molecule has 0 spiro atoms. The third-order valence-electron chi connectivity index (χ3n) is 5.39. The fourth-order valence-electron chi connectivity index (χ4n) is 3.75. The van der Waals surface area contributed by atoms with E-state index in [2.05, 4.69) is 9.82 Å². The summed E-state index contributed by atoms with van der Waals surface area (Å²) in [6.07, 6.45) is 1.36. The fraction of sp³-hybridized carbons (Fsp3) is 0.174. The predicted octanol–water partition coefficient (Wildman–Crippen LogP) is 5.34. The van der Waals surface area contributed by atoms with E-state index in [1.165, 1.54) is 24.3 Å². The molecule has 3 aromatic rings. The zero-order valence-corrected chi connectivity index (χ0v) is 22.2. The minimum atomic E-state index is -4.13. The molecule has 1 aliphatic rings. The lowest BCUT2D eigenvalue weighted by Crippen LogP contribution is -2.30. The largest absolute Gasteiger partial charge is 0.256 e. The Balaban J connectivity index is 1.64. The van der Waals surface area contributed by atoms with E-state index in [4.69, 9.17) is 34.8 Å². The van der Waals surface area contributed by atoms with E-state index < -0.39 is 19.9 Å². The second-order valence-corrected chi connectivity index (χ2v) is 12.9. The van der Waals surface area contributed by atoms with Crippen molar-refractivity contribution in [2.45, 2.75) is 22.3 Å². The lowest BCUT2D eigenvalue weighted by Gasteiger charge is -2.25. The number of sulfone groups is 1. The number of hydrazone groups is 1. The van der Waals surface area contributed by atoms with Crippen molar-refractivity contribution in [1.29, 1.82) is 0 Å². The molecule has 0 radical (unpaired) electrons. The highest BCUT2D eigenvalue weighted by atomic mass is 35.5. The monoisotopic (exact) mass is 571 g/mol. The van der Waals surface area contributed by atoms with Gasteiger partial charge in [-0.1, -0.05) is 59.1 Å². The highest BCUT2D eigenvalue weighted by Crippen LogP contribution is 2.39. The molecular weight excluding hydrogens is 553 g/mol. The summed E-state index contributed by atoms with van der Waals surface area (Å²) in [5.74, 6) is 0. The highest BCUT2D eigenvalue weighted by molar-refractivity contribution is 7.93. The first-order valence-electron chi connectivity index (χ1n) is 10.3. The molecule has 12 heteroatoms. The molecule has 3 aromatic carbocycles. The lowest BCUT2D eigenvalue weighted by molar-refractivity contribution is 0.578. The number of hydrogen-bond donors (Lipinski definition) is 1. The number of hydrogen-bond acceptors (Lipinski definition) is 6. The molecular formula is C23H20Cl3N3O4S2. The Morgan fingerprint density at radius 2 is 1.54 bits per heavy atom. The summed E-state index contributed by atoms with van der Waals surface area (Å²) < 4.78 is 52.6. The molecule has 35 heavy (non-hydrogen) atoms. The molecule has 0 fully saturated rings. The Hall–Kier alpha value is -2.14. The first-order valence-corrected chi connectivity index (χ1v) is 14.8. The molecule has 0 aromatic heterocycles. The Morgan fingerprint density at radius 1 is 0.914 bits per heavy atom. The van der Waals surface area contributed by atoms with Crippen molar-refractivity contribution in [2.75, 3.05) is 17.8 Å². The van der Waals surface area contributed by atoms with Crippen molar-refractivity contribution in [1.82, 2.24) is 4.72 Å². The van der Waals surface area contributed by atoms with Crippen LogP contribution >= 0.6 is 34.8 Å². The maximum absolute atomic E-state index is 13.0. The third kappa shape index (κ3) is 5.82. The second-order valence-electron chi connectivity index (χ2n) is 7.92. The van der Waals surface area contributed by atoms with Gasteiger partial charge in [-0.05, 0) is 48.0 Å². The zero-order valence-electron chi connectivity index (χ0n) is 18.3. The normalized spacial score (nSPS) is 16.4. The second kappa shape index (κ2) is 10.1. The van der Waals surface area contributed by atoms with E-state index in [0.717, 1.165) is 11.8 Å². The van der Waals surface area contributed by atoms with Crippen LogP contribution in [0.5, 0.6) is 0 Å². The van der Waals surface area contributed by atoms with Gasteiger partial charge in [-0.2, -0.15) is 5.10 Å². The van der Waals surface area contributed by atoms with Crippen molar-refractivity contribution in [3.8, 4) is 0 Å². The number of benzene rings is 3. The van der Waals surface area contributed by atoms with Crippen LogP contribution in [0.15, 0.2) is 81.6 Å². The van der Waals surface area contributed by atoms with E-state index in [-0.39, 0.29) is 22.4 Å². The average Bonchev–Trinajstić information content (AvgIpc) is 3.22. The molecule has 0 aliphatic carbocycles. The van der Waals surface area contributed by atoms with Crippen LogP contribution in [0.4, 0.5) is 5.69 Å². The molecule has 1 aliphatic heterocycles. The molecule has 184 valence electrons. The third-order valence-corrected chi connectivity index (χ3v) is 8.92. The maximum Gasteiger partial charge on any atom is 0.242 e. The Bertz CT molecular complexity index is 1510. The molecule has 0 saturated heterocycles. The van der Waals surface area contributed by atoms with Crippen LogP contribution in [-0.4, -0.2) is 35.3 Å². The van der Waals surface area contributed by atoms with Gasteiger partial charge in [0.2, 0.25) is 10.0 Å². The predicted molar refractivity (Wildman–Crippen MR) is 140 cm³/mol. The summed E-state index contributed by atoms with van der Waals surface area (Å²) in [5.41, 5.74) is 2.05. The molecule has 1 N–H and O–H groups in total. The molecule has 0 amide bonds. The van der Waals surface area contributed by atoms with Gasteiger partial charge >= 0.3 is 0 Å². The minimum absolute atomic E-state index is 0.119. The Morgan fingerprint density at radius 3 is 2.17 bits per heavy atom. The van der Waals surface area contributed by atoms with E-state index in [0.29, 0.717) is 32.9 Å². The van der Waals surface area contributed by atoms with Crippen LogP contribution < -0.4 is 9.73 Å². The number of nitrogens with zero attached hydrogens (tertiary/aromatic N) is 2. The van der Waals surface area contributed by atoms with Gasteiger partial charge in [0.25, 0.3) is 0 Å². The quantitative estimate of drug-likeness (QED) is 0.413. The summed E-state index contributed by atoms with van der Waals surface area (Å²) in [6, 6.07) is 17.5. The topological polar surface area (TPSA) is 95.9 Å². The van der Waals surface area contributed by atoms with Crippen LogP contribution in [0.2, 0.25) is 15.1 Å². The van der Waals surface area contributed by atoms with E-state index >= 15 is 0 Å². The minimum Gasteiger partial charge on any atom is -0.256 e. The first-order chi connectivity index (χ1) is 16.5. The van der Waals surface area contributed by atoms with Gasteiger partial charge < -0.3 is 0 Å². The van der Waals surface area contributed by atoms with Gasteiger partial charge in [-0.15, -0.1) is 0 Å². The molecule has 4 rings (SSSR count). The van der Waals surface area contributed by atoms with Crippen LogP contribution in [0.1, 0.15) is 18.0 Å². The smallest absolute Gasteiger partial charge is 0.242 e. The van der Waals surface area contributed by atoms with Crippen molar-refractivity contribution in [3.05, 3.63) is 87.4 Å². The number of anilines is 1. The standard InChI is InChI=1S/C23H20Cl3N3O4S2/c1-34(30,31)22-4-2-3-5-23(22)35(32,33)27-14-18-13-21(15-6-8-16(24)9-7-15)29(28-18)20-11-10-17(25)12-19(20)26/h2-12,21,27H,13-14H2,1H3. The summed E-state index contributed by atoms with van der Waals surface area (Å²) in [6.45, 7) is -0.119. The van der Waals surface area contributed by atoms with Crippen LogP contribution in [0.3, 0.4) is 0 Å². The molecule has 1 unspecified atom stereocenters. The number of halogens is 3. The summed E-state index contributed by atoms with van der Waals surface area (Å²) >= 11 is 18.5. The fourth-order valence-corrected chi connectivity index (χ4v) is 7.01. The Kier molecular flexibility index (Phi) is 7.47. The van der Waals surface area contributed by atoms with Crippen molar-refractivity contribution in [3.63, 3.8) is 0 Å². The van der Waals surface area contributed by atoms with Gasteiger partial charge in [0.05, 0.1) is 33.9 Å². The van der Waals surface area contributed by atoms with Crippen LogP contribution in [-0.2, 0) is 19.9 Å². The SMILES string of the molecule is CS(=O)(=O)c1ccccc1S(=O)(=O)NCC1=NN(c2ccc(Cl)cc2Cl)C(c2ccc(Cl)cc2)C1. The van der Waals surface area contributed by atoms with E-state index in [1.807, 2.05) is 12.1 Å². The first kappa shape index (κ1) is 25.9. The molecule has 0 bridgehead atoms. The molecule has 7 nitrogen and oxygen atoms in total. The van der Waals surface area contributed by atoms with Gasteiger partial charge in [0, 0.05) is 22.7 Å². The lowest BCUT2D eigenvalue weighted by atomic mass is 10.0. The number of nitrogens with one attached hydrogen (secondary N) is 1. The molecule has 0 saturated carbocycles. The van der Waals surface area contributed by atoms with Crippen LogP contribution in [0.25, 0.3) is 0 Å². The van der Waals surface area contributed by atoms with Gasteiger partial charge in [0.15, 0.2) is 9.84 Å². The number of sulfonamides is 1. The average molecular weight is 573 g/mol. The van der Waals surface area contributed by atoms with Gasteiger partial charge in [0.1, 0.15) is 4.90 Å². The highest BCUT2D eigenvalue weighted by Gasteiger charge is 2.32. The Labute approximate surface area is 219 Å². The van der Waals surface area contributed by atoms with E-state index in [9.17, 15) is 16.8 Å². The zero-order chi connectivity index (χ0) is 25.4. The molecule has 1 heterocycles. The number of rotatable bonds is 7. The molecule has 1 atom stereocenters. The van der Waals surface area contributed by atoms with Gasteiger partial charge in [-0.25, -0.2) is 21.6 Å². The van der Waals surface area contributed by atoms with E-state index in [1.54, 1.807) is 35.3 Å².